The molecule has 0 bridgehead atoms. The highest BCUT2D eigenvalue weighted by Crippen LogP contribution is 2.50. The first-order chi connectivity index (χ1) is 7.23. The Bertz CT molecular complexity index is 511. The predicted octanol–water partition coefficient (Wildman–Crippen LogP) is 2.39. The van der Waals surface area contributed by atoms with Gasteiger partial charge in [-0.1, -0.05) is 6.92 Å². The third-order valence-electron chi connectivity index (χ3n) is 3.36. The van der Waals surface area contributed by atoms with Crippen LogP contribution in [0.15, 0.2) is 24.7 Å². The summed E-state index contributed by atoms with van der Waals surface area (Å²) in [7, 11) is 1.73. The quantitative estimate of drug-likeness (QED) is 0.747. The van der Waals surface area contributed by atoms with Crippen LogP contribution in [0.4, 0.5) is 0 Å². The largest absolute Gasteiger partial charge is 0.496 e. The first kappa shape index (κ1) is 8.77. The Morgan fingerprint density at radius 2 is 2.27 bits per heavy atom. The average Bonchev–Trinajstić information content (AvgIpc) is 2.83. The number of fused-ring (bicyclic) bond motifs is 1. The van der Waals surface area contributed by atoms with Crippen LogP contribution >= 0.6 is 0 Å². The number of imidazole rings is 1. The highest BCUT2D eigenvalue weighted by atomic mass is 16.5. The van der Waals surface area contributed by atoms with Gasteiger partial charge in [0.1, 0.15) is 11.4 Å². The van der Waals surface area contributed by atoms with Gasteiger partial charge in [0.05, 0.1) is 7.11 Å². The monoisotopic (exact) mass is 202 g/mol. The molecular formula is C12H14N2O. The number of rotatable bonds is 2. The topological polar surface area (TPSA) is 26.5 Å². The molecule has 2 aromatic rings. The summed E-state index contributed by atoms with van der Waals surface area (Å²) in [6.07, 6.45) is 8.44. The Hall–Kier alpha value is -1.51. The number of nitrogens with zero attached hydrogens (tertiary/aromatic N) is 2. The summed E-state index contributed by atoms with van der Waals surface area (Å²) >= 11 is 0. The Morgan fingerprint density at radius 3 is 2.93 bits per heavy atom. The van der Waals surface area contributed by atoms with Crippen LogP contribution in [0.25, 0.3) is 5.65 Å². The lowest BCUT2D eigenvalue weighted by molar-refractivity contribution is 0.405. The van der Waals surface area contributed by atoms with E-state index in [9.17, 15) is 0 Å². The van der Waals surface area contributed by atoms with E-state index in [1.165, 1.54) is 18.4 Å². The van der Waals surface area contributed by atoms with E-state index in [0.717, 1.165) is 11.4 Å². The third kappa shape index (κ3) is 1.23. The maximum absolute atomic E-state index is 5.44. The van der Waals surface area contributed by atoms with Crippen molar-refractivity contribution in [1.29, 1.82) is 0 Å². The second-order valence-electron chi connectivity index (χ2n) is 4.51. The van der Waals surface area contributed by atoms with Gasteiger partial charge in [0.2, 0.25) is 0 Å². The molecular weight excluding hydrogens is 188 g/mol. The normalized spacial score (nSPS) is 18.0. The number of pyridine rings is 1. The van der Waals surface area contributed by atoms with Crippen LogP contribution < -0.4 is 4.74 Å². The van der Waals surface area contributed by atoms with Gasteiger partial charge in [0, 0.05) is 30.2 Å². The maximum atomic E-state index is 5.44. The van der Waals surface area contributed by atoms with E-state index in [4.69, 9.17) is 4.74 Å². The third-order valence-corrected chi connectivity index (χ3v) is 3.36. The van der Waals surface area contributed by atoms with Crippen LogP contribution in [0, 0.1) is 0 Å². The lowest BCUT2D eigenvalue weighted by Crippen LogP contribution is -2.05. The molecule has 78 valence electrons. The summed E-state index contributed by atoms with van der Waals surface area (Å²) < 4.78 is 7.49. The molecule has 3 heteroatoms. The molecule has 2 heterocycles. The minimum atomic E-state index is 0.323. The van der Waals surface area contributed by atoms with Crippen LogP contribution in [0.3, 0.4) is 0 Å². The van der Waals surface area contributed by atoms with Gasteiger partial charge in [0.25, 0.3) is 0 Å². The number of hydrogen-bond donors (Lipinski definition) is 0. The second kappa shape index (κ2) is 2.75. The molecule has 0 radical (unpaired) electrons. The van der Waals surface area contributed by atoms with E-state index in [1.54, 1.807) is 7.11 Å². The lowest BCUT2D eigenvalue weighted by Gasteiger charge is -2.14. The van der Waals surface area contributed by atoms with Crippen molar-refractivity contribution >= 4 is 5.65 Å². The predicted molar refractivity (Wildman–Crippen MR) is 58.3 cm³/mol. The lowest BCUT2D eigenvalue weighted by atomic mass is 9.99. The summed E-state index contributed by atoms with van der Waals surface area (Å²) in [6, 6.07) is 2.01. The first-order valence-electron chi connectivity index (χ1n) is 5.24. The van der Waals surface area contributed by atoms with Gasteiger partial charge < -0.3 is 9.14 Å². The molecule has 1 aliphatic carbocycles. The van der Waals surface area contributed by atoms with Gasteiger partial charge in [-0.15, -0.1) is 0 Å². The molecule has 3 rings (SSSR count). The van der Waals surface area contributed by atoms with Crippen LogP contribution in [0.2, 0.25) is 0 Å². The molecule has 3 nitrogen and oxygen atoms in total. The standard InChI is InChI=1S/C12H14N2O/c1-12(3-4-12)9-8-14-6-5-13-11(14)7-10(9)15-2/h5-8H,3-4H2,1-2H3. The van der Waals surface area contributed by atoms with Crippen molar-refractivity contribution in [2.24, 2.45) is 0 Å². The highest BCUT2D eigenvalue weighted by Gasteiger charge is 2.41. The van der Waals surface area contributed by atoms with Gasteiger partial charge in [-0.25, -0.2) is 4.98 Å². The van der Waals surface area contributed by atoms with E-state index in [0.29, 0.717) is 5.41 Å². The molecule has 1 saturated carbocycles. The van der Waals surface area contributed by atoms with Crippen LogP contribution in [0.5, 0.6) is 5.75 Å². The van der Waals surface area contributed by atoms with Crippen molar-refractivity contribution < 1.29 is 4.74 Å². The smallest absolute Gasteiger partial charge is 0.140 e. The van der Waals surface area contributed by atoms with Gasteiger partial charge in [-0.2, -0.15) is 0 Å². The summed E-state index contributed by atoms with van der Waals surface area (Å²) in [5.41, 5.74) is 2.57. The zero-order chi connectivity index (χ0) is 10.5. The highest BCUT2D eigenvalue weighted by molar-refractivity contribution is 5.52. The molecule has 0 amide bonds. The van der Waals surface area contributed by atoms with E-state index in [1.807, 2.05) is 18.5 Å². The fraction of sp³-hybridized carbons (Fsp3) is 0.417. The summed E-state index contributed by atoms with van der Waals surface area (Å²) in [5.74, 6) is 0.966. The Labute approximate surface area is 88.7 Å². The molecule has 0 saturated heterocycles. The fourth-order valence-corrected chi connectivity index (χ4v) is 2.02. The second-order valence-corrected chi connectivity index (χ2v) is 4.51. The number of methoxy groups -OCH3 is 1. The number of ether oxygens (including phenoxy) is 1. The number of hydrogen-bond acceptors (Lipinski definition) is 2. The average molecular weight is 202 g/mol. The van der Waals surface area contributed by atoms with E-state index >= 15 is 0 Å². The van der Waals surface area contributed by atoms with Gasteiger partial charge in [0.15, 0.2) is 0 Å². The van der Waals surface area contributed by atoms with Crippen molar-refractivity contribution in [3.63, 3.8) is 0 Å². The van der Waals surface area contributed by atoms with Crippen molar-refractivity contribution in [2.45, 2.75) is 25.2 Å². The SMILES string of the molecule is COc1cc2nccn2cc1C1(C)CC1. The van der Waals surface area contributed by atoms with Crippen molar-refractivity contribution in [1.82, 2.24) is 9.38 Å². The van der Waals surface area contributed by atoms with Crippen molar-refractivity contribution in [3.8, 4) is 5.75 Å². The summed E-state index contributed by atoms with van der Waals surface area (Å²) in [6.45, 7) is 2.29. The molecule has 0 spiro atoms. The fourth-order valence-electron chi connectivity index (χ4n) is 2.02. The molecule has 15 heavy (non-hydrogen) atoms. The minimum absolute atomic E-state index is 0.323. The molecule has 0 N–H and O–H groups in total. The van der Waals surface area contributed by atoms with E-state index in [2.05, 4.69) is 22.5 Å². The minimum Gasteiger partial charge on any atom is -0.496 e. The Balaban J connectivity index is 2.25. The van der Waals surface area contributed by atoms with Gasteiger partial charge in [-0.3, -0.25) is 0 Å². The molecule has 0 unspecified atom stereocenters. The molecule has 0 aliphatic heterocycles. The zero-order valence-corrected chi connectivity index (χ0v) is 9.03. The summed E-state index contributed by atoms with van der Waals surface area (Å²) in [4.78, 5) is 4.25. The zero-order valence-electron chi connectivity index (χ0n) is 9.03. The molecule has 1 aliphatic rings. The van der Waals surface area contributed by atoms with Gasteiger partial charge in [-0.05, 0) is 18.3 Å². The molecule has 2 aromatic heterocycles. The number of aromatic nitrogens is 2. The van der Waals surface area contributed by atoms with Crippen molar-refractivity contribution in [2.75, 3.05) is 7.11 Å². The molecule has 0 aromatic carbocycles. The molecule has 1 fully saturated rings. The maximum Gasteiger partial charge on any atom is 0.140 e. The first-order valence-corrected chi connectivity index (χ1v) is 5.24. The van der Waals surface area contributed by atoms with Crippen LogP contribution in [-0.2, 0) is 5.41 Å². The van der Waals surface area contributed by atoms with Crippen LogP contribution in [0.1, 0.15) is 25.3 Å². The summed E-state index contributed by atoms with van der Waals surface area (Å²) in [5, 5.41) is 0. The van der Waals surface area contributed by atoms with Gasteiger partial charge >= 0.3 is 0 Å². The molecule has 0 atom stereocenters. The van der Waals surface area contributed by atoms with E-state index < -0.39 is 0 Å². The van der Waals surface area contributed by atoms with Crippen molar-refractivity contribution in [3.05, 3.63) is 30.2 Å². The Kier molecular flexibility index (Phi) is 1.61. The Morgan fingerprint density at radius 1 is 1.47 bits per heavy atom. The van der Waals surface area contributed by atoms with E-state index in [-0.39, 0.29) is 0 Å². The van der Waals surface area contributed by atoms with Crippen LogP contribution in [-0.4, -0.2) is 16.5 Å².